The summed E-state index contributed by atoms with van der Waals surface area (Å²) in [5.74, 6) is -1.31. The van der Waals surface area contributed by atoms with Gasteiger partial charge in [-0.1, -0.05) is 24.3 Å². The fourth-order valence-electron chi connectivity index (χ4n) is 2.02. The first kappa shape index (κ1) is 12.3. The second kappa shape index (κ2) is 5.00. The van der Waals surface area contributed by atoms with E-state index in [0.717, 1.165) is 0 Å². The van der Waals surface area contributed by atoms with E-state index in [-0.39, 0.29) is 37.6 Å². The number of imide groups is 1. The third-order valence-electron chi connectivity index (χ3n) is 2.94. The number of likely N-dealkylation sites (tertiary alicyclic amines) is 1. The molecule has 5 heteroatoms. The van der Waals surface area contributed by atoms with E-state index < -0.39 is 5.97 Å². The molecule has 1 aromatic carbocycles. The molecule has 5 nitrogen and oxygen atoms in total. The first-order chi connectivity index (χ1) is 8.58. The largest absolute Gasteiger partial charge is 0.481 e. The van der Waals surface area contributed by atoms with Crippen LogP contribution >= 0.6 is 0 Å². The van der Waals surface area contributed by atoms with Crippen LogP contribution in [0.3, 0.4) is 0 Å². The maximum atomic E-state index is 11.5. The number of hydrogen-bond acceptors (Lipinski definition) is 3. The van der Waals surface area contributed by atoms with Crippen molar-refractivity contribution in [3.05, 3.63) is 35.4 Å². The topological polar surface area (TPSA) is 74.7 Å². The molecule has 1 N–H and O–H groups in total. The van der Waals surface area contributed by atoms with Gasteiger partial charge in [-0.2, -0.15) is 0 Å². The molecule has 2 rings (SSSR count). The summed E-state index contributed by atoms with van der Waals surface area (Å²) in [5.41, 5.74) is 1.35. The predicted molar refractivity (Wildman–Crippen MR) is 62.6 cm³/mol. The van der Waals surface area contributed by atoms with Gasteiger partial charge in [-0.05, 0) is 11.1 Å². The van der Waals surface area contributed by atoms with Crippen molar-refractivity contribution in [1.82, 2.24) is 4.90 Å². The molecule has 0 bridgehead atoms. The number of carboxylic acids is 1. The van der Waals surface area contributed by atoms with Gasteiger partial charge in [-0.15, -0.1) is 0 Å². The Labute approximate surface area is 104 Å². The smallest absolute Gasteiger partial charge is 0.307 e. The van der Waals surface area contributed by atoms with Crippen molar-refractivity contribution in [3.63, 3.8) is 0 Å². The van der Waals surface area contributed by atoms with Crippen LogP contribution in [0.25, 0.3) is 0 Å². The number of benzene rings is 1. The first-order valence-electron chi connectivity index (χ1n) is 5.69. The minimum Gasteiger partial charge on any atom is -0.481 e. The van der Waals surface area contributed by atoms with Crippen LogP contribution in [0.15, 0.2) is 24.3 Å². The zero-order chi connectivity index (χ0) is 13.1. The highest BCUT2D eigenvalue weighted by Crippen LogP contribution is 2.18. The van der Waals surface area contributed by atoms with Gasteiger partial charge in [0.15, 0.2) is 0 Å². The van der Waals surface area contributed by atoms with E-state index in [4.69, 9.17) is 5.11 Å². The Hall–Kier alpha value is -2.17. The van der Waals surface area contributed by atoms with E-state index in [1.54, 1.807) is 24.3 Å². The summed E-state index contributed by atoms with van der Waals surface area (Å²) in [6.07, 6.45) is 0.395. The van der Waals surface area contributed by atoms with Gasteiger partial charge in [0.1, 0.15) is 0 Å². The van der Waals surface area contributed by atoms with Gasteiger partial charge in [-0.25, -0.2) is 0 Å². The number of carboxylic acid groups (broad SMARTS) is 1. The van der Waals surface area contributed by atoms with Gasteiger partial charge in [0, 0.05) is 12.8 Å². The molecule has 0 saturated carbocycles. The first-order valence-corrected chi connectivity index (χ1v) is 5.69. The maximum absolute atomic E-state index is 11.5. The van der Waals surface area contributed by atoms with Crippen LogP contribution in [0.5, 0.6) is 0 Å². The SMILES string of the molecule is O=C(O)Cc1ccccc1CN1C(=O)CCC1=O. The summed E-state index contributed by atoms with van der Waals surface area (Å²) in [7, 11) is 0. The molecular formula is C13H13NO4. The van der Waals surface area contributed by atoms with Crippen LogP contribution < -0.4 is 0 Å². The van der Waals surface area contributed by atoms with Crippen LogP contribution in [0.4, 0.5) is 0 Å². The third kappa shape index (κ3) is 2.56. The van der Waals surface area contributed by atoms with Gasteiger partial charge in [0.05, 0.1) is 13.0 Å². The fraction of sp³-hybridized carbons (Fsp3) is 0.308. The van der Waals surface area contributed by atoms with Crippen molar-refractivity contribution in [2.24, 2.45) is 0 Å². The molecule has 0 aliphatic carbocycles. The van der Waals surface area contributed by atoms with Crippen LogP contribution in [0, 0.1) is 0 Å². The van der Waals surface area contributed by atoms with Crippen molar-refractivity contribution in [3.8, 4) is 0 Å². The lowest BCUT2D eigenvalue weighted by Gasteiger charge is -2.16. The van der Waals surface area contributed by atoms with Crippen LogP contribution in [0.2, 0.25) is 0 Å². The molecule has 1 fully saturated rings. The van der Waals surface area contributed by atoms with Crippen molar-refractivity contribution >= 4 is 17.8 Å². The summed E-state index contributed by atoms with van der Waals surface area (Å²) in [6.45, 7) is 0.168. The summed E-state index contributed by atoms with van der Waals surface area (Å²) >= 11 is 0. The molecule has 1 aliphatic heterocycles. The molecule has 0 radical (unpaired) electrons. The number of nitrogens with zero attached hydrogens (tertiary/aromatic N) is 1. The number of rotatable bonds is 4. The average Bonchev–Trinajstić information content (AvgIpc) is 2.62. The lowest BCUT2D eigenvalue weighted by molar-refractivity contribution is -0.139. The van der Waals surface area contributed by atoms with E-state index in [0.29, 0.717) is 11.1 Å². The summed E-state index contributed by atoms with van der Waals surface area (Å²) in [4.78, 5) is 35.0. The zero-order valence-corrected chi connectivity index (χ0v) is 9.76. The monoisotopic (exact) mass is 247 g/mol. The van der Waals surface area contributed by atoms with Crippen LogP contribution in [-0.4, -0.2) is 27.8 Å². The van der Waals surface area contributed by atoms with Crippen molar-refractivity contribution < 1.29 is 19.5 Å². The Kier molecular flexibility index (Phi) is 3.41. The highest BCUT2D eigenvalue weighted by molar-refractivity contribution is 6.01. The van der Waals surface area contributed by atoms with E-state index in [1.807, 2.05) is 0 Å². The highest BCUT2D eigenvalue weighted by atomic mass is 16.4. The molecule has 1 aromatic rings. The van der Waals surface area contributed by atoms with Gasteiger partial charge in [-0.3, -0.25) is 19.3 Å². The second-order valence-electron chi connectivity index (χ2n) is 4.21. The Bertz CT molecular complexity index is 493. The fourth-order valence-corrected chi connectivity index (χ4v) is 2.02. The molecule has 0 spiro atoms. The van der Waals surface area contributed by atoms with Crippen molar-refractivity contribution in [2.75, 3.05) is 0 Å². The van der Waals surface area contributed by atoms with Gasteiger partial charge < -0.3 is 5.11 Å². The minimum atomic E-state index is -0.929. The molecule has 18 heavy (non-hydrogen) atoms. The van der Waals surface area contributed by atoms with E-state index in [9.17, 15) is 14.4 Å². The number of carbonyl (C=O) groups excluding carboxylic acids is 2. The Balaban J connectivity index is 2.20. The van der Waals surface area contributed by atoms with E-state index in [2.05, 4.69) is 0 Å². The summed E-state index contributed by atoms with van der Waals surface area (Å²) < 4.78 is 0. The van der Waals surface area contributed by atoms with E-state index >= 15 is 0 Å². The summed E-state index contributed by atoms with van der Waals surface area (Å²) in [6, 6.07) is 6.97. The summed E-state index contributed by atoms with van der Waals surface area (Å²) in [5, 5.41) is 8.81. The molecule has 94 valence electrons. The third-order valence-corrected chi connectivity index (χ3v) is 2.94. The molecular weight excluding hydrogens is 234 g/mol. The quantitative estimate of drug-likeness (QED) is 0.804. The average molecular weight is 247 g/mol. The lowest BCUT2D eigenvalue weighted by atomic mass is 10.0. The van der Waals surface area contributed by atoms with Crippen LogP contribution in [0.1, 0.15) is 24.0 Å². The van der Waals surface area contributed by atoms with Gasteiger partial charge in [0.25, 0.3) is 0 Å². The molecule has 0 aromatic heterocycles. The van der Waals surface area contributed by atoms with E-state index in [1.165, 1.54) is 4.90 Å². The van der Waals surface area contributed by atoms with Crippen molar-refractivity contribution in [1.29, 1.82) is 0 Å². The Morgan fingerprint density at radius 3 is 2.22 bits per heavy atom. The molecule has 1 heterocycles. The second-order valence-corrected chi connectivity index (χ2v) is 4.21. The number of amides is 2. The normalized spacial score (nSPS) is 15.2. The highest BCUT2D eigenvalue weighted by Gasteiger charge is 2.29. The maximum Gasteiger partial charge on any atom is 0.307 e. The lowest BCUT2D eigenvalue weighted by Crippen LogP contribution is -2.29. The molecule has 1 aliphatic rings. The molecule has 2 amide bonds. The standard InChI is InChI=1S/C13H13NO4/c15-11-5-6-12(16)14(11)8-10-4-2-1-3-9(10)7-13(17)18/h1-4H,5-8H2,(H,17,18). The zero-order valence-electron chi connectivity index (χ0n) is 9.76. The number of carbonyl (C=O) groups is 3. The van der Waals surface area contributed by atoms with Gasteiger partial charge in [0.2, 0.25) is 11.8 Å². The molecule has 0 unspecified atom stereocenters. The number of aliphatic carboxylic acids is 1. The minimum absolute atomic E-state index is 0.105. The Morgan fingerprint density at radius 2 is 1.67 bits per heavy atom. The van der Waals surface area contributed by atoms with Crippen molar-refractivity contribution in [2.45, 2.75) is 25.8 Å². The van der Waals surface area contributed by atoms with Crippen LogP contribution in [-0.2, 0) is 27.3 Å². The number of hydrogen-bond donors (Lipinski definition) is 1. The van der Waals surface area contributed by atoms with Gasteiger partial charge >= 0.3 is 5.97 Å². The predicted octanol–water partition coefficient (Wildman–Crippen LogP) is 0.963. The molecule has 0 atom stereocenters. The Morgan fingerprint density at radius 1 is 1.11 bits per heavy atom. The molecule has 1 saturated heterocycles.